The molecule has 57 heavy (non-hydrogen) atoms. The third-order valence-electron chi connectivity index (χ3n) is 7.89. The minimum atomic E-state index is -4.90. The van der Waals surface area contributed by atoms with Gasteiger partial charge in [-0.2, -0.15) is 0 Å². The van der Waals surface area contributed by atoms with E-state index in [4.69, 9.17) is 0 Å². The van der Waals surface area contributed by atoms with Crippen LogP contribution in [0.4, 0.5) is 0 Å². The van der Waals surface area contributed by atoms with Gasteiger partial charge >= 0.3 is 45.9 Å². The van der Waals surface area contributed by atoms with Gasteiger partial charge in [0.15, 0.2) is 0 Å². The van der Waals surface area contributed by atoms with Crippen LogP contribution in [-0.4, -0.2) is 39.0 Å². The van der Waals surface area contributed by atoms with E-state index >= 15 is 0 Å². The average molecular weight is 939 g/mol. The molecule has 0 radical (unpaired) electrons. The molecule has 1 heterocycles. The zero-order chi connectivity index (χ0) is 43.3. The first-order valence-corrected chi connectivity index (χ1v) is 28.3. The van der Waals surface area contributed by atoms with Gasteiger partial charge in [0.1, 0.15) is 0 Å². The quantitative estimate of drug-likeness (QED) is 0.0322. The molecule has 0 spiro atoms. The Balaban J connectivity index is 0. The fraction of sp³-hybridized carbons (Fsp3) is 0.971. The number of unbranched alkanes of at least 4 members (excludes halogenated alkanes) is 20. The summed E-state index contributed by atoms with van der Waals surface area (Å²) >= 11 is -2.93. The Kier molecular flexibility index (Phi) is 39.9. The van der Waals surface area contributed by atoms with E-state index in [-0.39, 0.29) is 33.0 Å². The third kappa shape index (κ3) is 44.3. The monoisotopic (exact) mass is 938 g/mol. The van der Waals surface area contributed by atoms with Gasteiger partial charge in [-0.15, -0.1) is 0 Å². The number of hydrogen-bond acceptors (Lipinski definition) is 18. The molecule has 1 aliphatic heterocycles. The van der Waals surface area contributed by atoms with E-state index in [0.717, 1.165) is 128 Å². The van der Waals surface area contributed by atoms with Crippen LogP contribution in [0.3, 0.4) is 0 Å². The van der Waals surface area contributed by atoms with Crippen LogP contribution in [0.2, 0.25) is 0 Å². The minimum absolute atomic E-state index is 0.0790. The molecule has 18 nitrogen and oxygen atoms in total. The van der Waals surface area contributed by atoms with Crippen LogP contribution in [0.25, 0.3) is 0 Å². The molecular weight excluding hydrogens is 868 g/mol. The summed E-state index contributed by atoms with van der Waals surface area (Å²) in [5, 5.41) is 0. The van der Waals surface area contributed by atoms with Crippen molar-refractivity contribution in [2.75, 3.05) is 33.0 Å². The standard InChI is InChI=1S/2C16H36O7P2.C2H3O3.O.Ti/c2*1-3-5-7-9-11-13-15-21-24(17,18)23-25(19,20)22-16-14-12-10-8-6-4-2;3-1-2(4)5;;/h2*3-16H2,1-2H3,(H,17,18)(H,19,20);1H2,(H,4,5);;/q;;-1;;+6/p-5. The predicted octanol–water partition coefficient (Wildman–Crippen LogP) is 8.74. The molecule has 1 aliphatic rings. The molecule has 0 N–H and O–H groups in total. The molecule has 0 aromatic heterocycles. The molecule has 0 amide bonds. The number of hydrogen-bond donors (Lipinski definition) is 0. The van der Waals surface area contributed by atoms with Gasteiger partial charge in [-0.3, -0.25) is 18.3 Å². The number of rotatable bonds is 36. The zero-order valence-electron chi connectivity index (χ0n) is 34.6. The summed E-state index contributed by atoms with van der Waals surface area (Å²) in [6, 6.07) is 0. The van der Waals surface area contributed by atoms with Gasteiger partial charge in [0, 0.05) is 0 Å². The Labute approximate surface area is 348 Å². The molecular formula is C34H70O18P4Ti. The van der Waals surface area contributed by atoms with Crippen molar-refractivity contribution in [3.05, 3.63) is 0 Å². The molecule has 0 aliphatic carbocycles. The van der Waals surface area contributed by atoms with Crippen molar-refractivity contribution in [2.45, 2.75) is 182 Å². The van der Waals surface area contributed by atoms with E-state index in [0.29, 0.717) is 25.7 Å². The van der Waals surface area contributed by atoms with Crippen LogP contribution < -0.4 is 19.6 Å². The fourth-order valence-electron chi connectivity index (χ4n) is 4.84. The van der Waals surface area contributed by atoms with Crippen LogP contribution in [0, 0.1) is 0 Å². The molecule has 4 unspecified atom stereocenters. The van der Waals surface area contributed by atoms with Crippen LogP contribution in [0.15, 0.2) is 0 Å². The van der Waals surface area contributed by atoms with Crippen molar-refractivity contribution in [3.63, 3.8) is 0 Å². The first kappa shape index (κ1) is 59.6. The third-order valence-corrected chi connectivity index (χ3v) is 14.3. The summed E-state index contributed by atoms with van der Waals surface area (Å²) in [6.45, 7) is 8.02. The van der Waals surface area contributed by atoms with Gasteiger partial charge in [-0.25, -0.2) is 8.62 Å². The van der Waals surface area contributed by atoms with Crippen LogP contribution in [-0.2, 0) is 78.3 Å². The number of phosphoric ester groups is 4. The molecule has 0 aromatic carbocycles. The van der Waals surface area contributed by atoms with E-state index < -0.39 is 55.9 Å². The van der Waals surface area contributed by atoms with Gasteiger partial charge < -0.3 is 37.7 Å². The summed E-state index contributed by atoms with van der Waals surface area (Å²) in [4.78, 5) is 56.0. The molecule has 0 saturated carbocycles. The molecule has 0 aromatic rings. The summed E-state index contributed by atoms with van der Waals surface area (Å²) in [7, 11) is -19.6. The van der Waals surface area contributed by atoms with Crippen LogP contribution in [0.5, 0.6) is 0 Å². The van der Waals surface area contributed by atoms with Crippen molar-refractivity contribution in [2.24, 2.45) is 0 Å². The molecule has 1 rings (SSSR count). The van der Waals surface area contributed by atoms with E-state index in [9.17, 15) is 46.0 Å². The van der Waals surface area contributed by atoms with Crippen molar-refractivity contribution in [3.8, 4) is 0 Å². The Morgan fingerprint density at radius 2 is 0.684 bits per heavy atom. The first-order chi connectivity index (χ1) is 26.9. The second-order valence-electron chi connectivity index (χ2n) is 13.4. The maximum atomic E-state index is 11.5. The topological polar surface area (TPSA) is 268 Å². The number of carbonyl (C=O) groups excluding carboxylic acids is 1. The van der Waals surface area contributed by atoms with Gasteiger partial charge in [0.25, 0.3) is 31.3 Å². The molecule has 23 heteroatoms. The van der Waals surface area contributed by atoms with E-state index in [1.807, 2.05) is 0 Å². The van der Waals surface area contributed by atoms with Gasteiger partial charge in [0.2, 0.25) is 0 Å². The maximum absolute atomic E-state index is 11.5. The Hall–Kier alpha value is 0.464. The van der Waals surface area contributed by atoms with E-state index in [1.165, 1.54) is 0 Å². The van der Waals surface area contributed by atoms with E-state index in [1.54, 1.807) is 0 Å². The number of phosphoric acid groups is 4. The van der Waals surface area contributed by atoms with Gasteiger partial charge in [0.05, 0.1) is 26.4 Å². The number of carbonyl (C=O) groups is 1. The fourth-order valence-corrected chi connectivity index (χ4v) is 9.81. The van der Waals surface area contributed by atoms with Crippen molar-refractivity contribution >= 4 is 37.3 Å². The van der Waals surface area contributed by atoms with E-state index in [2.05, 4.69) is 61.0 Å². The normalized spacial score (nSPS) is 17.5. The SMILES string of the molecule is CCCCCCCCOP(=O)([O-])OP(=O)([O-])OCCCCCCCC.CCCCCCCCOP(=O)([O-])OP(=O)([O-])OCCCCCCCC.O=C1C[O][Ti+4](=[O])[O]1. The Bertz CT molecular complexity index is 1040. The van der Waals surface area contributed by atoms with Crippen LogP contribution in [0.1, 0.15) is 182 Å². The van der Waals surface area contributed by atoms with Crippen molar-refractivity contribution in [1.29, 1.82) is 0 Å². The Morgan fingerprint density at radius 3 is 0.860 bits per heavy atom. The van der Waals surface area contributed by atoms with Crippen LogP contribution >= 0.6 is 31.3 Å². The molecule has 338 valence electrons. The predicted molar refractivity (Wildman–Crippen MR) is 203 cm³/mol. The summed E-state index contributed by atoms with van der Waals surface area (Å²) in [6.07, 6.45) is 23.1. The molecule has 1 saturated heterocycles. The summed E-state index contributed by atoms with van der Waals surface area (Å²) in [5.41, 5.74) is 0. The summed E-state index contributed by atoms with van der Waals surface area (Å²) in [5.74, 6) is -0.509. The first-order valence-electron chi connectivity index (χ1n) is 20.6. The second-order valence-corrected chi connectivity index (χ2v) is 20.8. The van der Waals surface area contributed by atoms with Crippen molar-refractivity contribution in [1.82, 2.24) is 0 Å². The van der Waals surface area contributed by atoms with Gasteiger partial charge in [-0.05, 0) is 25.7 Å². The van der Waals surface area contributed by atoms with Gasteiger partial charge in [-0.1, -0.05) is 156 Å². The molecule has 0 bridgehead atoms. The van der Waals surface area contributed by atoms with Crippen molar-refractivity contribution < 1.29 is 97.9 Å². The second kappa shape index (κ2) is 38.2. The Morgan fingerprint density at radius 1 is 0.456 bits per heavy atom. The molecule has 1 fully saturated rings. The molecule has 4 atom stereocenters. The zero-order valence-corrected chi connectivity index (χ0v) is 39.8. The summed E-state index contributed by atoms with van der Waals surface area (Å²) < 4.78 is 91.0. The average Bonchev–Trinajstić information content (AvgIpc) is 3.51.